The summed E-state index contributed by atoms with van der Waals surface area (Å²) in [5, 5.41) is 3.18. The highest BCUT2D eigenvalue weighted by atomic mass is 16.2. The molecule has 1 aromatic rings. The SMILES string of the molecule is O=C(NCC(Cc1ccccc1)N1CCCCC1)C1CC1. The average molecular weight is 286 g/mol. The van der Waals surface area contributed by atoms with Crippen molar-refractivity contribution >= 4 is 5.91 Å². The van der Waals surface area contributed by atoms with Crippen LogP contribution in [0.15, 0.2) is 30.3 Å². The lowest BCUT2D eigenvalue weighted by Gasteiger charge is -2.35. The summed E-state index contributed by atoms with van der Waals surface area (Å²) < 4.78 is 0. The van der Waals surface area contributed by atoms with Crippen molar-refractivity contribution in [2.24, 2.45) is 5.92 Å². The molecule has 3 rings (SSSR count). The van der Waals surface area contributed by atoms with E-state index in [1.807, 2.05) is 0 Å². The maximum absolute atomic E-state index is 11.9. The standard InChI is InChI=1S/C18H26N2O/c21-18(16-9-10-16)19-14-17(20-11-5-2-6-12-20)13-15-7-3-1-4-8-15/h1,3-4,7-8,16-17H,2,5-6,9-14H2,(H,19,21). The molecule has 0 bridgehead atoms. The van der Waals surface area contributed by atoms with Gasteiger partial charge in [0.15, 0.2) is 0 Å². The Morgan fingerprint density at radius 2 is 1.86 bits per heavy atom. The smallest absolute Gasteiger partial charge is 0.223 e. The van der Waals surface area contributed by atoms with Crippen molar-refractivity contribution in [3.8, 4) is 0 Å². The molecular formula is C18H26N2O. The van der Waals surface area contributed by atoms with Gasteiger partial charge in [0.05, 0.1) is 0 Å². The lowest BCUT2D eigenvalue weighted by Crippen LogP contribution is -2.47. The van der Waals surface area contributed by atoms with Gasteiger partial charge in [-0.05, 0) is 50.8 Å². The van der Waals surface area contributed by atoms with Gasteiger partial charge in [0.2, 0.25) is 5.91 Å². The van der Waals surface area contributed by atoms with Gasteiger partial charge in [0, 0.05) is 18.5 Å². The largest absolute Gasteiger partial charge is 0.354 e. The zero-order chi connectivity index (χ0) is 14.5. The van der Waals surface area contributed by atoms with Crippen LogP contribution in [0.5, 0.6) is 0 Å². The Balaban J connectivity index is 1.59. The Labute approximate surface area is 127 Å². The molecule has 0 spiro atoms. The third-order valence-corrected chi connectivity index (χ3v) is 4.68. The van der Waals surface area contributed by atoms with Crippen molar-refractivity contribution in [2.75, 3.05) is 19.6 Å². The average Bonchev–Trinajstić information content (AvgIpc) is 3.38. The van der Waals surface area contributed by atoms with E-state index in [2.05, 4.69) is 40.5 Å². The first-order chi connectivity index (χ1) is 10.3. The van der Waals surface area contributed by atoms with E-state index in [-0.39, 0.29) is 5.91 Å². The van der Waals surface area contributed by atoms with Crippen molar-refractivity contribution in [1.82, 2.24) is 10.2 Å². The number of likely N-dealkylation sites (tertiary alicyclic amines) is 1. The molecule has 1 amide bonds. The van der Waals surface area contributed by atoms with Crippen LogP contribution in [0.1, 0.15) is 37.7 Å². The third kappa shape index (κ3) is 4.31. The Morgan fingerprint density at radius 3 is 2.52 bits per heavy atom. The molecule has 1 aromatic carbocycles. The van der Waals surface area contributed by atoms with Crippen LogP contribution in [0.25, 0.3) is 0 Å². The Kier molecular flexibility index (Phi) is 4.91. The number of nitrogens with zero attached hydrogens (tertiary/aromatic N) is 1. The zero-order valence-corrected chi connectivity index (χ0v) is 12.8. The number of piperidine rings is 1. The van der Waals surface area contributed by atoms with E-state index in [9.17, 15) is 4.79 Å². The van der Waals surface area contributed by atoms with Gasteiger partial charge in [-0.25, -0.2) is 0 Å². The maximum atomic E-state index is 11.9. The molecule has 0 aromatic heterocycles. The van der Waals surface area contributed by atoms with E-state index < -0.39 is 0 Å². The third-order valence-electron chi connectivity index (χ3n) is 4.68. The van der Waals surface area contributed by atoms with E-state index in [4.69, 9.17) is 0 Å². The molecule has 1 N–H and O–H groups in total. The fourth-order valence-electron chi connectivity index (χ4n) is 3.21. The lowest BCUT2D eigenvalue weighted by atomic mass is 10.0. The van der Waals surface area contributed by atoms with Gasteiger partial charge in [-0.3, -0.25) is 9.69 Å². The van der Waals surface area contributed by atoms with E-state index in [0.717, 1.165) is 25.8 Å². The highest BCUT2D eigenvalue weighted by molar-refractivity contribution is 5.80. The first-order valence-corrected chi connectivity index (χ1v) is 8.38. The van der Waals surface area contributed by atoms with Crippen molar-refractivity contribution in [2.45, 2.75) is 44.6 Å². The summed E-state index contributed by atoms with van der Waals surface area (Å²) in [7, 11) is 0. The number of carbonyl (C=O) groups is 1. The molecule has 21 heavy (non-hydrogen) atoms. The summed E-state index contributed by atoms with van der Waals surface area (Å²) in [6.07, 6.45) is 7.14. The second kappa shape index (κ2) is 7.08. The number of nitrogens with one attached hydrogen (secondary N) is 1. The van der Waals surface area contributed by atoms with Gasteiger partial charge in [-0.15, -0.1) is 0 Å². The van der Waals surface area contributed by atoms with Crippen LogP contribution >= 0.6 is 0 Å². The van der Waals surface area contributed by atoms with E-state index in [1.165, 1.54) is 37.9 Å². The molecule has 114 valence electrons. The first-order valence-electron chi connectivity index (χ1n) is 8.38. The summed E-state index contributed by atoms with van der Waals surface area (Å²) in [5.41, 5.74) is 1.37. The minimum absolute atomic E-state index is 0.269. The number of rotatable bonds is 6. The number of hydrogen-bond acceptors (Lipinski definition) is 2. The van der Waals surface area contributed by atoms with Gasteiger partial charge in [-0.1, -0.05) is 36.8 Å². The minimum Gasteiger partial charge on any atom is -0.354 e. The summed E-state index contributed by atoms with van der Waals surface area (Å²) in [4.78, 5) is 14.5. The summed E-state index contributed by atoms with van der Waals surface area (Å²) in [5.74, 6) is 0.578. The maximum Gasteiger partial charge on any atom is 0.223 e. The normalized spacial score (nSPS) is 21.0. The van der Waals surface area contributed by atoms with Crippen LogP contribution < -0.4 is 5.32 Å². The molecule has 2 aliphatic rings. The Morgan fingerprint density at radius 1 is 1.14 bits per heavy atom. The molecule has 3 nitrogen and oxygen atoms in total. The van der Waals surface area contributed by atoms with E-state index >= 15 is 0 Å². The second-order valence-corrected chi connectivity index (χ2v) is 6.46. The van der Waals surface area contributed by atoms with Crippen molar-refractivity contribution in [3.63, 3.8) is 0 Å². The van der Waals surface area contributed by atoms with Crippen LogP contribution in [0.3, 0.4) is 0 Å². The molecule has 1 heterocycles. The van der Waals surface area contributed by atoms with Crippen LogP contribution in [0.4, 0.5) is 0 Å². The van der Waals surface area contributed by atoms with Gasteiger partial charge in [-0.2, -0.15) is 0 Å². The van der Waals surface area contributed by atoms with Crippen molar-refractivity contribution in [3.05, 3.63) is 35.9 Å². The molecule has 1 aliphatic carbocycles. The fraction of sp³-hybridized carbons (Fsp3) is 0.611. The molecule has 1 unspecified atom stereocenters. The van der Waals surface area contributed by atoms with Gasteiger partial charge in [0.25, 0.3) is 0 Å². The minimum atomic E-state index is 0.269. The predicted molar refractivity (Wildman–Crippen MR) is 85.1 cm³/mol. The molecule has 0 radical (unpaired) electrons. The second-order valence-electron chi connectivity index (χ2n) is 6.46. The Hall–Kier alpha value is -1.35. The molecule has 1 saturated heterocycles. The van der Waals surface area contributed by atoms with E-state index in [1.54, 1.807) is 0 Å². The quantitative estimate of drug-likeness (QED) is 0.872. The van der Waals surface area contributed by atoms with Crippen LogP contribution in [0.2, 0.25) is 0 Å². The highest BCUT2D eigenvalue weighted by Gasteiger charge is 2.30. The molecule has 1 atom stereocenters. The number of hydrogen-bond donors (Lipinski definition) is 1. The predicted octanol–water partition coefficient (Wildman–Crippen LogP) is 2.61. The zero-order valence-electron chi connectivity index (χ0n) is 12.8. The summed E-state index contributed by atoms with van der Waals surface area (Å²) in [6.45, 7) is 3.15. The van der Waals surface area contributed by atoms with Crippen LogP contribution in [0, 0.1) is 5.92 Å². The number of amides is 1. The fourth-order valence-corrected chi connectivity index (χ4v) is 3.21. The lowest BCUT2D eigenvalue weighted by molar-refractivity contribution is -0.122. The Bertz CT molecular complexity index is 450. The number of carbonyl (C=O) groups excluding carboxylic acids is 1. The topological polar surface area (TPSA) is 32.3 Å². The van der Waals surface area contributed by atoms with Crippen molar-refractivity contribution in [1.29, 1.82) is 0 Å². The van der Waals surface area contributed by atoms with E-state index in [0.29, 0.717) is 12.0 Å². The monoisotopic (exact) mass is 286 g/mol. The number of benzene rings is 1. The molecule has 1 aliphatic heterocycles. The molecule has 1 saturated carbocycles. The summed E-state index contributed by atoms with van der Waals surface area (Å²) >= 11 is 0. The van der Waals surface area contributed by atoms with Gasteiger partial charge in [0.1, 0.15) is 0 Å². The summed E-state index contributed by atoms with van der Waals surface area (Å²) in [6, 6.07) is 11.1. The van der Waals surface area contributed by atoms with Crippen molar-refractivity contribution < 1.29 is 4.79 Å². The molecular weight excluding hydrogens is 260 g/mol. The highest BCUT2D eigenvalue weighted by Crippen LogP contribution is 2.28. The molecule has 2 fully saturated rings. The van der Waals surface area contributed by atoms with Crippen LogP contribution in [-0.2, 0) is 11.2 Å². The first kappa shape index (κ1) is 14.6. The molecule has 3 heteroatoms. The van der Waals surface area contributed by atoms with Gasteiger partial charge < -0.3 is 5.32 Å². The van der Waals surface area contributed by atoms with Gasteiger partial charge >= 0.3 is 0 Å². The van der Waals surface area contributed by atoms with Crippen LogP contribution in [-0.4, -0.2) is 36.5 Å².